The first-order valence-corrected chi connectivity index (χ1v) is 8.80. The molecule has 0 radical (unpaired) electrons. The molecule has 6 heteroatoms. The number of aromatic nitrogens is 1. The van der Waals surface area contributed by atoms with Crippen LogP contribution < -0.4 is 11.1 Å². The molecule has 2 heterocycles. The molecule has 1 amide bonds. The van der Waals surface area contributed by atoms with Gasteiger partial charge in [-0.3, -0.25) is 4.79 Å². The van der Waals surface area contributed by atoms with Crippen molar-refractivity contribution in [1.82, 2.24) is 10.3 Å². The molecule has 1 aliphatic heterocycles. The van der Waals surface area contributed by atoms with E-state index < -0.39 is 0 Å². The summed E-state index contributed by atoms with van der Waals surface area (Å²) in [4.78, 5) is 16.8. The van der Waals surface area contributed by atoms with Crippen molar-refractivity contribution < 1.29 is 9.90 Å². The SMILES string of the molecule is Cc1ccc(O)c(C)c1-c1cc(-c2nccs2)c2c(c1N)C(=O)NC2. The van der Waals surface area contributed by atoms with Crippen molar-refractivity contribution >= 4 is 22.9 Å². The minimum absolute atomic E-state index is 0.164. The number of nitrogen functional groups attached to an aromatic ring is 1. The van der Waals surface area contributed by atoms with Crippen molar-refractivity contribution in [3.8, 4) is 27.4 Å². The number of carbonyl (C=O) groups excluding carboxylic acids is 1. The molecule has 3 aromatic rings. The molecule has 5 nitrogen and oxygen atoms in total. The van der Waals surface area contributed by atoms with Gasteiger partial charge in [0, 0.05) is 29.2 Å². The molecule has 1 aromatic heterocycles. The Morgan fingerprint density at radius 3 is 2.76 bits per heavy atom. The normalized spacial score (nSPS) is 13.0. The number of aromatic hydroxyl groups is 1. The summed E-state index contributed by atoms with van der Waals surface area (Å²) in [6, 6.07) is 5.52. The van der Waals surface area contributed by atoms with E-state index in [-0.39, 0.29) is 11.7 Å². The van der Waals surface area contributed by atoms with Crippen LogP contribution in [0.15, 0.2) is 29.8 Å². The molecule has 0 spiro atoms. The first kappa shape index (κ1) is 15.7. The Labute approximate surface area is 149 Å². The van der Waals surface area contributed by atoms with Crippen LogP contribution >= 0.6 is 11.3 Å². The third-order valence-electron chi connectivity index (χ3n) is 4.70. The number of anilines is 1. The van der Waals surface area contributed by atoms with Crippen LogP contribution in [0.4, 0.5) is 5.69 Å². The summed E-state index contributed by atoms with van der Waals surface area (Å²) in [7, 11) is 0. The van der Waals surface area contributed by atoms with Gasteiger partial charge in [0.05, 0.1) is 11.3 Å². The maximum absolute atomic E-state index is 12.4. The van der Waals surface area contributed by atoms with Crippen molar-refractivity contribution in [3.63, 3.8) is 0 Å². The molecule has 0 fully saturated rings. The summed E-state index contributed by atoms with van der Waals surface area (Å²) in [5, 5.41) is 15.8. The average Bonchev–Trinajstić information content (AvgIpc) is 3.24. The monoisotopic (exact) mass is 351 g/mol. The highest BCUT2D eigenvalue weighted by molar-refractivity contribution is 7.13. The van der Waals surface area contributed by atoms with E-state index in [0.29, 0.717) is 17.8 Å². The zero-order chi connectivity index (χ0) is 17.7. The fraction of sp³-hybridized carbons (Fsp3) is 0.158. The van der Waals surface area contributed by atoms with Gasteiger partial charge in [0.25, 0.3) is 5.91 Å². The van der Waals surface area contributed by atoms with E-state index in [4.69, 9.17) is 5.73 Å². The van der Waals surface area contributed by atoms with Gasteiger partial charge in [0.1, 0.15) is 10.8 Å². The Balaban J connectivity index is 2.09. The number of fused-ring (bicyclic) bond motifs is 1. The number of phenols is 1. The number of hydrogen-bond donors (Lipinski definition) is 3. The van der Waals surface area contributed by atoms with E-state index in [9.17, 15) is 9.90 Å². The highest BCUT2D eigenvalue weighted by Crippen LogP contribution is 2.43. The number of carbonyl (C=O) groups is 1. The van der Waals surface area contributed by atoms with Crippen LogP contribution in [0, 0.1) is 13.8 Å². The van der Waals surface area contributed by atoms with Gasteiger partial charge in [-0.05, 0) is 48.2 Å². The molecule has 4 N–H and O–H groups in total. The van der Waals surface area contributed by atoms with E-state index in [2.05, 4.69) is 10.3 Å². The minimum atomic E-state index is -0.164. The lowest BCUT2D eigenvalue weighted by Crippen LogP contribution is -2.14. The topological polar surface area (TPSA) is 88.2 Å². The second-order valence-electron chi connectivity index (χ2n) is 6.16. The zero-order valence-electron chi connectivity index (χ0n) is 13.9. The Morgan fingerprint density at radius 2 is 2.04 bits per heavy atom. The van der Waals surface area contributed by atoms with Crippen LogP contribution in [0.5, 0.6) is 5.75 Å². The second-order valence-corrected chi connectivity index (χ2v) is 7.06. The summed E-state index contributed by atoms with van der Waals surface area (Å²) in [6.07, 6.45) is 1.75. The van der Waals surface area contributed by atoms with Gasteiger partial charge in [-0.2, -0.15) is 0 Å². The number of benzene rings is 2. The van der Waals surface area contributed by atoms with Gasteiger partial charge in [-0.25, -0.2) is 4.98 Å². The molecular weight excluding hydrogens is 334 g/mol. The maximum atomic E-state index is 12.4. The standard InChI is InChI=1S/C19H17N3O2S/c1-9-3-4-14(23)10(2)15(9)12-7-11(19-21-5-6-25-19)13-8-22-18(24)16(13)17(12)20/h3-7,23H,8,20H2,1-2H3,(H,22,24). The van der Waals surface area contributed by atoms with E-state index in [0.717, 1.165) is 38.4 Å². The number of thiazole rings is 1. The number of hydrogen-bond acceptors (Lipinski definition) is 5. The number of nitrogens with zero attached hydrogens (tertiary/aromatic N) is 1. The summed E-state index contributed by atoms with van der Waals surface area (Å²) in [6.45, 7) is 4.27. The number of phenolic OH excluding ortho intramolecular Hbond substituents is 1. The first-order chi connectivity index (χ1) is 12.0. The molecule has 0 unspecified atom stereocenters. The largest absolute Gasteiger partial charge is 0.508 e. The summed E-state index contributed by atoms with van der Waals surface area (Å²) >= 11 is 1.52. The molecule has 126 valence electrons. The van der Waals surface area contributed by atoms with Crippen molar-refractivity contribution in [2.75, 3.05) is 5.73 Å². The molecule has 0 aliphatic carbocycles. The number of nitrogens with two attached hydrogens (primary N) is 1. The van der Waals surface area contributed by atoms with Crippen molar-refractivity contribution in [2.45, 2.75) is 20.4 Å². The van der Waals surface area contributed by atoms with Gasteiger partial charge in [-0.1, -0.05) is 6.07 Å². The molecule has 25 heavy (non-hydrogen) atoms. The van der Waals surface area contributed by atoms with Gasteiger partial charge in [0.15, 0.2) is 0 Å². The van der Waals surface area contributed by atoms with Crippen molar-refractivity contribution in [2.24, 2.45) is 0 Å². The molecule has 0 saturated heterocycles. The van der Waals surface area contributed by atoms with Crippen LogP contribution in [0.2, 0.25) is 0 Å². The molecule has 2 aromatic carbocycles. The zero-order valence-corrected chi connectivity index (χ0v) is 14.7. The van der Waals surface area contributed by atoms with Crippen LogP contribution in [-0.4, -0.2) is 16.0 Å². The number of nitrogens with one attached hydrogen (secondary N) is 1. The summed E-state index contributed by atoms with van der Waals surface area (Å²) < 4.78 is 0. The fourth-order valence-corrected chi connectivity index (χ4v) is 4.13. The predicted octanol–water partition coefficient (Wildman–Crippen LogP) is 3.63. The van der Waals surface area contributed by atoms with E-state index in [1.165, 1.54) is 11.3 Å². The molecule has 1 aliphatic rings. The average molecular weight is 351 g/mol. The minimum Gasteiger partial charge on any atom is -0.508 e. The first-order valence-electron chi connectivity index (χ1n) is 7.92. The van der Waals surface area contributed by atoms with E-state index in [1.807, 2.05) is 31.4 Å². The molecule has 0 bridgehead atoms. The van der Waals surface area contributed by atoms with Crippen LogP contribution in [0.3, 0.4) is 0 Å². The Kier molecular flexibility index (Phi) is 3.51. The quantitative estimate of drug-likeness (QED) is 0.615. The van der Waals surface area contributed by atoms with Crippen molar-refractivity contribution in [3.05, 3.63) is 52.0 Å². The Bertz CT molecular complexity index is 1010. The lowest BCUT2D eigenvalue weighted by Gasteiger charge is -2.17. The lowest BCUT2D eigenvalue weighted by atomic mass is 9.89. The number of amides is 1. The fourth-order valence-electron chi connectivity index (χ4n) is 3.45. The van der Waals surface area contributed by atoms with Gasteiger partial charge in [-0.15, -0.1) is 11.3 Å². The Hall–Kier alpha value is -2.86. The maximum Gasteiger partial charge on any atom is 0.254 e. The third-order valence-corrected chi connectivity index (χ3v) is 5.51. The molecule has 0 saturated carbocycles. The molecular formula is C19H17N3O2S. The second kappa shape index (κ2) is 5.60. The van der Waals surface area contributed by atoms with Gasteiger partial charge >= 0.3 is 0 Å². The molecule has 0 atom stereocenters. The Morgan fingerprint density at radius 1 is 1.24 bits per heavy atom. The smallest absolute Gasteiger partial charge is 0.254 e. The van der Waals surface area contributed by atoms with Crippen LogP contribution in [0.1, 0.15) is 27.0 Å². The molecule has 4 rings (SSSR count). The summed E-state index contributed by atoms with van der Waals surface area (Å²) in [5.41, 5.74) is 12.5. The van der Waals surface area contributed by atoms with E-state index >= 15 is 0 Å². The van der Waals surface area contributed by atoms with Crippen molar-refractivity contribution in [1.29, 1.82) is 0 Å². The number of aryl methyl sites for hydroxylation is 1. The van der Waals surface area contributed by atoms with Gasteiger partial charge < -0.3 is 16.2 Å². The highest BCUT2D eigenvalue weighted by atomic mass is 32.1. The highest BCUT2D eigenvalue weighted by Gasteiger charge is 2.29. The van der Waals surface area contributed by atoms with Crippen LogP contribution in [-0.2, 0) is 6.54 Å². The summed E-state index contributed by atoms with van der Waals surface area (Å²) in [5.74, 6) is 0.0448. The third kappa shape index (κ3) is 2.29. The number of rotatable bonds is 2. The van der Waals surface area contributed by atoms with Crippen LogP contribution in [0.25, 0.3) is 21.7 Å². The predicted molar refractivity (Wildman–Crippen MR) is 99.7 cm³/mol. The van der Waals surface area contributed by atoms with Gasteiger partial charge in [0.2, 0.25) is 0 Å². The lowest BCUT2D eigenvalue weighted by molar-refractivity contribution is 0.0966. The van der Waals surface area contributed by atoms with E-state index in [1.54, 1.807) is 12.3 Å².